The first-order chi connectivity index (χ1) is 15.0. The molecule has 1 aliphatic heterocycles. The van der Waals surface area contributed by atoms with Gasteiger partial charge in [0, 0.05) is 18.1 Å². The molecule has 1 aliphatic rings. The van der Waals surface area contributed by atoms with E-state index in [1.54, 1.807) is 4.90 Å². The van der Waals surface area contributed by atoms with Gasteiger partial charge in [-0.1, -0.05) is 17.7 Å². The normalized spacial score (nSPS) is 15.7. The third-order valence-electron chi connectivity index (χ3n) is 6.05. The molecule has 5 nitrogen and oxygen atoms in total. The van der Waals surface area contributed by atoms with Crippen LogP contribution in [0.15, 0.2) is 36.5 Å². The van der Waals surface area contributed by atoms with E-state index in [9.17, 15) is 18.0 Å². The fraction of sp³-hybridized carbons (Fsp3) is 0.261. The smallest absolute Gasteiger partial charge is 0.338 e. The number of fused-ring (bicyclic) bond motifs is 3. The van der Waals surface area contributed by atoms with Crippen molar-refractivity contribution in [2.45, 2.75) is 32.4 Å². The number of anilines is 1. The summed E-state index contributed by atoms with van der Waals surface area (Å²) < 4.78 is 39.0. The highest BCUT2D eigenvalue weighted by molar-refractivity contribution is 6.38. The monoisotopic (exact) mass is 458 g/mol. The van der Waals surface area contributed by atoms with Crippen molar-refractivity contribution < 1.29 is 18.0 Å². The van der Waals surface area contributed by atoms with Crippen LogP contribution in [0.25, 0.3) is 33.3 Å². The van der Waals surface area contributed by atoms with E-state index in [0.29, 0.717) is 28.8 Å². The quantitative estimate of drug-likeness (QED) is 0.395. The Hall–Kier alpha value is -3.13. The van der Waals surface area contributed by atoms with Gasteiger partial charge in [0.15, 0.2) is 0 Å². The molecule has 0 bridgehead atoms. The van der Waals surface area contributed by atoms with Gasteiger partial charge in [-0.05, 0) is 50.6 Å². The lowest BCUT2D eigenvalue weighted by Crippen LogP contribution is -2.35. The second-order valence-corrected chi connectivity index (χ2v) is 8.74. The van der Waals surface area contributed by atoms with Gasteiger partial charge in [0.05, 0.1) is 43.8 Å². The predicted molar refractivity (Wildman–Crippen MR) is 118 cm³/mol. The number of benzene rings is 2. The van der Waals surface area contributed by atoms with Gasteiger partial charge in [0.1, 0.15) is 5.82 Å². The van der Waals surface area contributed by atoms with Gasteiger partial charge in [0.25, 0.3) is 0 Å². The number of carbonyl (C=O) groups excluding carboxylic acids is 1. The average molecular weight is 459 g/mol. The number of imidazole rings is 1. The number of nitrogens with one attached hydrogen (secondary N) is 1. The maximum absolute atomic E-state index is 13.0. The van der Waals surface area contributed by atoms with E-state index in [-0.39, 0.29) is 16.4 Å². The van der Waals surface area contributed by atoms with E-state index in [1.165, 1.54) is 12.3 Å². The van der Waals surface area contributed by atoms with E-state index < -0.39 is 17.2 Å². The van der Waals surface area contributed by atoms with Crippen LogP contribution < -0.4 is 4.90 Å². The molecule has 32 heavy (non-hydrogen) atoms. The Balaban J connectivity index is 1.64. The zero-order valence-corrected chi connectivity index (χ0v) is 18.2. The minimum absolute atomic E-state index is 0.0443. The molecule has 0 aliphatic carbocycles. The molecule has 2 aromatic heterocycles. The number of amides is 1. The number of likely N-dealkylation sites (N-methyl/N-ethyl adjacent to an activating group) is 1. The molecule has 1 N–H and O–H groups in total. The van der Waals surface area contributed by atoms with Crippen LogP contribution in [0.4, 0.5) is 18.9 Å². The minimum Gasteiger partial charge on any atom is -0.338 e. The van der Waals surface area contributed by atoms with Crippen LogP contribution in [0.1, 0.15) is 31.9 Å². The van der Waals surface area contributed by atoms with E-state index in [4.69, 9.17) is 11.6 Å². The van der Waals surface area contributed by atoms with Gasteiger partial charge < -0.3 is 9.88 Å². The van der Waals surface area contributed by atoms with Crippen molar-refractivity contribution in [2.75, 3.05) is 11.4 Å². The number of carbonyl (C=O) groups is 1. The number of halogens is 4. The van der Waals surface area contributed by atoms with Crippen LogP contribution >= 0.6 is 11.6 Å². The number of pyridine rings is 1. The standard InChI is InChI=1S/C23H18ClF3N4O/c1-4-31-18-9-17-16(8-14(18)22(2,3)21(31)32)29-20(30-17)13-10-28-15-7-11(23(25,26)27)5-6-12(15)19(13)24/h5-10H,4H2,1-3H3,(H,29,30). The first kappa shape index (κ1) is 20.8. The fourth-order valence-electron chi connectivity index (χ4n) is 4.27. The summed E-state index contributed by atoms with van der Waals surface area (Å²) in [6.07, 6.45) is -3.04. The SMILES string of the molecule is CCN1C(=O)C(C)(C)c2cc3[nH]c(-c4cnc5cc(C(F)(F)F)ccc5c4Cl)nc3cc21. The minimum atomic E-state index is -4.46. The van der Waals surface area contributed by atoms with Gasteiger partial charge in [-0.2, -0.15) is 13.2 Å². The van der Waals surface area contributed by atoms with Crippen LogP contribution in [0, 0.1) is 0 Å². The molecule has 9 heteroatoms. The second kappa shape index (κ2) is 6.68. The highest BCUT2D eigenvalue weighted by atomic mass is 35.5. The lowest BCUT2D eigenvalue weighted by atomic mass is 9.86. The summed E-state index contributed by atoms with van der Waals surface area (Å²) >= 11 is 6.55. The van der Waals surface area contributed by atoms with Crippen molar-refractivity contribution >= 4 is 45.1 Å². The van der Waals surface area contributed by atoms with Crippen molar-refractivity contribution in [3.63, 3.8) is 0 Å². The highest BCUT2D eigenvalue weighted by Crippen LogP contribution is 2.44. The Morgan fingerprint density at radius 1 is 1.16 bits per heavy atom. The van der Waals surface area contributed by atoms with Gasteiger partial charge in [-0.25, -0.2) is 4.98 Å². The average Bonchev–Trinajstić information content (AvgIpc) is 3.22. The number of aromatic amines is 1. The third kappa shape index (κ3) is 2.89. The Labute approximate surface area is 186 Å². The highest BCUT2D eigenvalue weighted by Gasteiger charge is 2.43. The molecule has 2 aromatic carbocycles. The zero-order valence-electron chi connectivity index (χ0n) is 17.4. The number of nitrogens with zero attached hydrogens (tertiary/aromatic N) is 3. The first-order valence-corrected chi connectivity index (χ1v) is 10.4. The summed E-state index contributed by atoms with van der Waals surface area (Å²) in [5.74, 6) is 0.498. The Bertz CT molecular complexity index is 1420. The number of hydrogen-bond acceptors (Lipinski definition) is 3. The van der Waals surface area contributed by atoms with Crippen LogP contribution in [-0.4, -0.2) is 27.4 Å². The van der Waals surface area contributed by atoms with Crippen molar-refractivity contribution in [3.8, 4) is 11.4 Å². The molecule has 0 fully saturated rings. The largest absolute Gasteiger partial charge is 0.416 e. The molecular formula is C23H18ClF3N4O. The molecule has 1 amide bonds. The first-order valence-electron chi connectivity index (χ1n) is 10.0. The molecule has 0 saturated carbocycles. The molecule has 0 spiro atoms. The number of H-pyrrole nitrogens is 1. The molecule has 4 aromatic rings. The van der Waals surface area contributed by atoms with Crippen LogP contribution in [-0.2, 0) is 16.4 Å². The summed E-state index contributed by atoms with van der Waals surface area (Å²) in [7, 11) is 0. The number of alkyl halides is 3. The fourth-order valence-corrected chi connectivity index (χ4v) is 4.57. The van der Waals surface area contributed by atoms with Crippen molar-refractivity contribution in [1.82, 2.24) is 15.0 Å². The molecule has 164 valence electrons. The molecule has 0 unspecified atom stereocenters. The number of aromatic nitrogens is 3. The predicted octanol–water partition coefficient (Wildman–Crippen LogP) is 6.09. The summed E-state index contributed by atoms with van der Waals surface area (Å²) in [5, 5.41) is 0.671. The topological polar surface area (TPSA) is 61.9 Å². The number of hydrogen-bond donors (Lipinski definition) is 1. The van der Waals surface area contributed by atoms with Crippen LogP contribution in [0.3, 0.4) is 0 Å². The lowest BCUT2D eigenvalue weighted by molar-refractivity contribution is -0.137. The van der Waals surface area contributed by atoms with Crippen LogP contribution in [0.5, 0.6) is 0 Å². The molecule has 0 saturated heterocycles. The Morgan fingerprint density at radius 2 is 1.91 bits per heavy atom. The van der Waals surface area contributed by atoms with E-state index in [2.05, 4.69) is 15.0 Å². The maximum atomic E-state index is 13.0. The summed E-state index contributed by atoms with van der Waals surface area (Å²) in [6.45, 7) is 6.27. The van der Waals surface area contributed by atoms with Crippen LogP contribution in [0.2, 0.25) is 5.02 Å². The van der Waals surface area contributed by atoms with E-state index in [1.807, 2.05) is 32.9 Å². The van der Waals surface area contributed by atoms with Gasteiger partial charge in [0.2, 0.25) is 5.91 Å². The van der Waals surface area contributed by atoms with E-state index in [0.717, 1.165) is 28.9 Å². The van der Waals surface area contributed by atoms with E-state index >= 15 is 0 Å². The number of rotatable bonds is 2. The molecule has 0 radical (unpaired) electrons. The lowest BCUT2D eigenvalue weighted by Gasteiger charge is -2.18. The summed E-state index contributed by atoms with van der Waals surface area (Å²) in [6, 6.07) is 7.08. The third-order valence-corrected chi connectivity index (χ3v) is 6.45. The molecule has 5 rings (SSSR count). The van der Waals surface area contributed by atoms with Crippen molar-refractivity contribution in [3.05, 3.63) is 52.7 Å². The molecule has 0 atom stereocenters. The maximum Gasteiger partial charge on any atom is 0.416 e. The van der Waals surface area contributed by atoms with Gasteiger partial charge >= 0.3 is 6.18 Å². The molecular weight excluding hydrogens is 441 g/mol. The Morgan fingerprint density at radius 3 is 2.59 bits per heavy atom. The van der Waals surface area contributed by atoms with Gasteiger partial charge in [-0.15, -0.1) is 0 Å². The van der Waals surface area contributed by atoms with Gasteiger partial charge in [-0.3, -0.25) is 9.78 Å². The van der Waals surface area contributed by atoms with Crippen molar-refractivity contribution in [1.29, 1.82) is 0 Å². The Kier molecular flexibility index (Phi) is 4.33. The summed E-state index contributed by atoms with van der Waals surface area (Å²) in [4.78, 5) is 26.5. The summed E-state index contributed by atoms with van der Waals surface area (Å²) in [5.41, 5.74) is 2.35. The second-order valence-electron chi connectivity index (χ2n) is 8.36. The molecule has 3 heterocycles. The zero-order chi connectivity index (χ0) is 23.0. The van der Waals surface area contributed by atoms with Crippen molar-refractivity contribution in [2.24, 2.45) is 0 Å².